The van der Waals surface area contributed by atoms with Crippen LogP contribution in [0, 0.1) is 11.3 Å². The van der Waals surface area contributed by atoms with Crippen molar-refractivity contribution in [1.82, 2.24) is 5.32 Å². The molecule has 1 amide bonds. The van der Waals surface area contributed by atoms with Gasteiger partial charge in [0.2, 0.25) is 0 Å². The highest BCUT2D eigenvalue weighted by atomic mass is 32.2. The molecular weight excluding hydrogens is 284 g/mol. The van der Waals surface area contributed by atoms with Gasteiger partial charge in [0.25, 0.3) is 5.91 Å². The minimum Gasteiger partial charge on any atom is -0.388 e. The van der Waals surface area contributed by atoms with Gasteiger partial charge in [0, 0.05) is 17.0 Å². The number of thioether (sulfide) groups is 1. The lowest BCUT2D eigenvalue weighted by molar-refractivity contribution is 0.00525. The average Bonchev–Trinajstić information content (AvgIpc) is 2.52. The van der Waals surface area contributed by atoms with E-state index in [1.165, 1.54) is 11.8 Å². The Hall–Kier alpha value is -1.51. The molecule has 1 aromatic carbocycles. The zero-order valence-electron chi connectivity index (χ0n) is 12.0. The molecule has 0 atom stereocenters. The van der Waals surface area contributed by atoms with Crippen molar-refractivity contribution in [3.63, 3.8) is 0 Å². The van der Waals surface area contributed by atoms with Crippen molar-refractivity contribution >= 4 is 17.7 Å². The van der Waals surface area contributed by atoms with Gasteiger partial charge in [0.1, 0.15) is 0 Å². The highest BCUT2D eigenvalue weighted by Gasteiger charge is 2.29. The number of nitriles is 1. The van der Waals surface area contributed by atoms with Gasteiger partial charge in [-0.3, -0.25) is 4.79 Å². The number of hydrogen-bond donors (Lipinski definition) is 2. The molecule has 112 valence electrons. The average molecular weight is 304 g/mol. The third-order valence-electron chi connectivity index (χ3n) is 3.76. The van der Waals surface area contributed by atoms with E-state index in [-0.39, 0.29) is 5.91 Å². The molecular formula is C16H20N2O2S. The van der Waals surface area contributed by atoms with Crippen LogP contribution in [-0.4, -0.2) is 28.9 Å². The SMILES string of the molecule is N#CCSc1cccc(C(=O)NCC2(O)CCCCC2)c1. The summed E-state index contributed by atoms with van der Waals surface area (Å²) in [7, 11) is 0. The van der Waals surface area contributed by atoms with Gasteiger partial charge in [-0.15, -0.1) is 11.8 Å². The van der Waals surface area contributed by atoms with Crippen LogP contribution in [0.5, 0.6) is 0 Å². The molecule has 0 aliphatic heterocycles. The van der Waals surface area contributed by atoms with Crippen LogP contribution in [0.3, 0.4) is 0 Å². The third kappa shape index (κ3) is 4.76. The number of nitrogens with zero attached hydrogens (tertiary/aromatic N) is 1. The third-order valence-corrected chi connectivity index (χ3v) is 4.62. The fourth-order valence-electron chi connectivity index (χ4n) is 2.58. The lowest BCUT2D eigenvalue weighted by atomic mass is 9.85. The highest BCUT2D eigenvalue weighted by molar-refractivity contribution is 7.99. The maximum Gasteiger partial charge on any atom is 0.251 e. The van der Waals surface area contributed by atoms with Gasteiger partial charge in [0.05, 0.1) is 17.4 Å². The number of rotatable bonds is 5. The summed E-state index contributed by atoms with van der Waals surface area (Å²) in [4.78, 5) is 13.1. The molecule has 2 N–H and O–H groups in total. The summed E-state index contributed by atoms with van der Waals surface area (Å²) in [5, 5.41) is 21.8. The van der Waals surface area contributed by atoms with E-state index in [0.717, 1.165) is 37.0 Å². The van der Waals surface area contributed by atoms with Crippen LogP contribution in [0.2, 0.25) is 0 Å². The van der Waals surface area contributed by atoms with E-state index in [2.05, 4.69) is 11.4 Å². The molecule has 0 saturated heterocycles. The Bertz CT molecular complexity index is 533. The summed E-state index contributed by atoms with van der Waals surface area (Å²) in [6.45, 7) is 0.307. The van der Waals surface area contributed by atoms with Crippen LogP contribution < -0.4 is 5.32 Å². The van der Waals surface area contributed by atoms with Crippen LogP contribution in [0.15, 0.2) is 29.2 Å². The molecule has 2 rings (SSSR count). The zero-order chi connectivity index (χ0) is 15.1. The monoisotopic (exact) mass is 304 g/mol. The summed E-state index contributed by atoms with van der Waals surface area (Å²) >= 11 is 1.41. The summed E-state index contributed by atoms with van der Waals surface area (Å²) < 4.78 is 0. The molecule has 1 aliphatic carbocycles. The maximum atomic E-state index is 12.2. The highest BCUT2D eigenvalue weighted by Crippen LogP contribution is 2.27. The first-order chi connectivity index (χ1) is 10.1. The van der Waals surface area contributed by atoms with E-state index in [9.17, 15) is 9.90 Å². The summed E-state index contributed by atoms with van der Waals surface area (Å²) in [6.07, 6.45) is 4.71. The normalized spacial score (nSPS) is 17.0. The Morgan fingerprint density at radius 1 is 1.38 bits per heavy atom. The lowest BCUT2D eigenvalue weighted by Gasteiger charge is -2.32. The predicted molar refractivity (Wildman–Crippen MR) is 83.1 cm³/mol. The second kappa shape index (κ2) is 7.48. The van der Waals surface area contributed by atoms with E-state index in [1.54, 1.807) is 12.1 Å². The van der Waals surface area contributed by atoms with Crippen molar-refractivity contribution in [3.8, 4) is 6.07 Å². The Balaban J connectivity index is 1.92. The van der Waals surface area contributed by atoms with Gasteiger partial charge in [-0.2, -0.15) is 5.26 Å². The Morgan fingerprint density at radius 2 is 2.14 bits per heavy atom. The van der Waals surface area contributed by atoms with Gasteiger partial charge in [-0.1, -0.05) is 25.3 Å². The van der Waals surface area contributed by atoms with Gasteiger partial charge < -0.3 is 10.4 Å². The fourth-order valence-corrected chi connectivity index (χ4v) is 3.19. The number of benzene rings is 1. The van der Waals surface area contributed by atoms with E-state index < -0.39 is 5.60 Å². The Labute approximate surface area is 129 Å². The number of nitrogens with one attached hydrogen (secondary N) is 1. The number of aliphatic hydroxyl groups is 1. The largest absolute Gasteiger partial charge is 0.388 e. The van der Waals surface area contributed by atoms with Crippen molar-refractivity contribution in [1.29, 1.82) is 5.26 Å². The van der Waals surface area contributed by atoms with E-state index in [1.807, 2.05) is 12.1 Å². The predicted octanol–water partition coefficient (Wildman–Crippen LogP) is 2.73. The minimum atomic E-state index is -0.749. The number of carbonyl (C=O) groups excluding carboxylic acids is 1. The van der Waals surface area contributed by atoms with Crippen molar-refractivity contribution < 1.29 is 9.90 Å². The van der Waals surface area contributed by atoms with Crippen LogP contribution in [0.25, 0.3) is 0 Å². The van der Waals surface area contributed by atoms with Gasteiger partial charge in [-0.25, -0.2) is 0 Å². The molecule has 1 fully saturated rings. The molecule has 0 unspecified atom stereocenters. The van der Waals surface area contributed by atoms with E-state index in [4.69, 9.17) is 5.26 Å². The first kappa shape index (κ1) is 15.9. The van der Waals surface area contributed by atoms with Gasteiger partial charge in [-0.05, 0) is 31.0 Å². The Morgan fingerprint density at radius 3 is 2.86 bits per heavy atom. The number of hydrogen-bond acceptors (Lipinski definition) is 4. The van der Waals surface area contributed by atoms with Gasteiger partial charge >= 0.3 is 0 Å². The molecule has 1 aliphatic rings. The summed E-state index contributed by atoms with van der Waals surface area (Å²) in [5.74, 6) is 0.193. The molecule has 1 saturated carbocycles. The molecule has 4 nitrogen and oxygen atoms in total. The number of amides is 1. The smallest absolute Gasteiger partial charge is 0.251 e. The van der Waals surface area contributed by atoms with Crippen LogP contribution >= 0.6 is 11.8 Å². The van der Waals surface area contributed by atoms with Crippen molar-refractivity contribution in [2.75, 3.05) is 12.3 Å². The quantitative estimate of drug-likeness (QED) is 0.820. The number of carbonyl (C=O) groups is 1. The zero-order valence-corrected chi connectivity index (χ0v) is 12.8. The van der Waals surface area contributed by atoms with Crippen LogP contribution in [-0.2, 0) is 0 Å². The first-order valence-electron chi connectivity index (χ1n) is 7.23. The van der Waals surface area contributed by atoms with Crippen molar-refractivity contribution in [3.05, 3.63) is 29.8 Å². The summed E-state index contributed by atoms with van der Waals surface area (Å²) in [6, 6.07) is 9.29. The van der Waals surface area contributed by atoms with Crippen molar-refractivity contribution in [2.24, 2.45) is 0 Å². The van der Waals surface area contributed by atoms with Crippen LogP contribution in [0.1, 0.15) is 42.5 Å². The Kier molecular flexibility index (Phi) is 5.66. The molecule has 21 heavy (non-hydrogen) atoms. The first-order valence-corrected chi connectivity index (χ1v) is 8.22. The molecule has 0 bridgehead atoms. The molecule has 1 aromatic rings. The van der Waals surface area contributed by atoms with E-state index in [0.29, 0.717) is 17.9 Å². The van der Waals surface area contributed by atoms with Crippen LogP contribution in [0.4, 0.5) is 0 Å². The van der Waals surface area contributed by atoms with Gasteiger partial charge in [0.15, 0.2) is 0 Å². The molecule has 5 heteroatoms. The second-order valence-electron chi connectivity index (χ2n) is 5.44. The van der Waals surface area contributed by atoms with Crippen molar-refractivity contribution in [2.45, 2.75) is 42.6 Å². The maximum absolute atomic E-state index is 12.2. The molecule has 0 heterocycles. The van der Waals surface area contributed by atoms with E-state index >= 15 is 0 Å². The second-order valence-corrected chi connectivity index (χ2v) is 6.49. The lowest BCUT2D eigenvalue weighted by Crippen LogP contribution is -2.44. The molecule has 0 spiro atoms. The topological polar surface area (TPSA) is 73.1 Å². The fraction of sp³-hybridized carbons (Fsp3) is 0.500. The molecule has 0 aromatic heterocycles. The minimum absolute atomic E-state index is 0.173. The standard InChI is InChI=1S/C16H20N2O2S/c17-9-10-21-14-6-4-5-13(11-14)15(19)18-12-16(20)7-2-1-3-8-16/h4-6,11,20H,1-3,7-8,10,12H2,(H,18,19). The molecule has 0 radical (unpaired) electrons. The summed E-state index contributed by atoms with van der Waals surface area (Å²) in [5.41, 5.74) is -0.182.